The molecule has 0 saturated heterocycles. The molecule has 0 fully saturated rings. The minimum absolute atomic E-state index is 0.0901. The molecule has 0 rings (SSSR count). The molecule has 0 heterocycles. The molecule has 6 heteroatoms. The van der Waals surface area contributed by atoms with Crippen LogP contribution in [-0.2, 0) is 28.6 Å². The molecule has 1 atom stereocenters. The van der Waals surface area contributed by atoms with Gasteiger partial charge in [-0.15, -0.1) is 0 Å². The normalized spacial score (nSPS) is 13.0. The summed E-state index contributed by atoms with van der Waals surface area (Å²) in [5, 5.41) is 0. The second kappa shape index (κ2) is 69.0. The first-order valence-electron chi connectivity index (χ1n) is 34.2. The maximum atomic E-state index is 12.9. The number of esters is 3. The van der Waals surface area contributed by atoms with Crippen LogP contribution in [0.5, 0.6) is 0 Å². The minimum atomic E-state index is -0.794. The summed E-state index contributed by atoms with van der Waals surface area (Å²) in [4.78, 5) is 38.3. The molecule has 0 bridgehead atoms. The van der Waals surface area contributed by atoms with E-state index in [1.165, 1.54) is 128 Å². The number of carbonyl (C=O) groups excluding carboxylic acids is 3. The number of allylic oxidation sites excluding steroid dienone is 22. The van der Waals surface area contributed by atoms with Crippen LogP contribution in [0.25, 0.3) is 0 Å². The van der Waals surface area contributed by atoms with Gasteiger partial charge in [-0.2, -0.15) is 0 Å². The van der Waals surface area contributed by atoms with Crippen molar-refractivity contribution < 1.29 is 28.6 Å². The Morgan fingerprint density at radius 2 is 0.476 bits per heavy atom. The van der Waals surface area contributed by atoms with E-state index in [1.807, 2.05) is 0 Å². The average Bonchev–Trinajstić information content (AvgIpc) is 3.48. The van der Waals surface area contributed by atoms with Crippen LogP contribution >= 0.6 is 0 Å². The largest absolute Gasteiger partial charge is 0.462 e. The van der Waals surface area contributed by atoms with Crippen LogP contribution in [0.1, 0.15) is 310 Å². The highest BCUT2D eigenvalue weighted by molar-refractivity contribution is 5.71. The van der Waals surface area contributed by atoms with Crippen molar-refractivity contribution in [3.63, 3.8) is 0 Å². The Hall–Kier alpha value is -4.45. The van der Waals surface area contributed by atoms with E-state index in [2.05, 4.69) is 154 Å². The van der Waals surface area contributed by atoms with E-state index >= 15 is 0 Å². The van der Waals surface area contributed by atoms with Crippen molar-refractivity contribution in [1.29, 1.82) is 0 Å². The summed E-state index contributed by atoms with van der Waals surface area (Å²) in [6, 6.07) is 0. The van der Waals surface area contributed by atoms with E-state index in [0.29, 0.717) is 19.3 Å². The van der Waals surface area contributed by atoms with Gasteiger partial charge in [0, 0.05) is 19.3 Å². The number of carbonyl (C=O) groups is 3. The number of unbranched alkanes of at least 4 members (excludes halogenated alkanes) is 28. The predicted molar refractivity (Wildman–Crippen MR) is 357 cm³/mol. The van der Waals surface area contributed by atoms with Gasteiger partial charge in [0.25, 0.3) is 0 Å². The van der Waals surface area contributed by atoms with Crippen LogP contribution in [0.15, 0.2) is 134 Å². The summed E-state index contributed by atoms with van der Waals surface area (Å²) in [5.74, 6) is -0.913. The summed E-state index contributed by atoms with van der Waals surface area (Å²) in [7, 11) is 0. The highest BCUT2D eigenvalue weighted by atomic mass is 16.6. The number of rotatable bonds is 61. The third-order valence-corrected chi connectivity index (χ3v) is 14.4. The van der Waals surface area contributed by atoms with Gasteiger partial charge in [-0.3, -0.25) is 14.4 Å². The second-order valence-electron chi connectivity index (χ2n) is 22.3. The van der Waals surface area contributed by atoms with E-state index in [9.17, 15) is 14.4 Å². The Balaban J connectivity index is 4.29. The molecule has 0 aliphatic carbocycles. The smallest absolute Gasteiger partial charge is 0.306 e. The first-order valence-corrected chi connectivity index (χ1v) is 34.2. The van der Waals surface area contributed by atoms with Crippen LogP contribution in [-0.4, -0.2) is 37.2 Å². The fourth-order valence-corrected chi connectivity index (χ4v) is 9.25. The molecular weight excluding hydrogens is 1010 g/mol. The van der Waals surface area contributed by atoms with Crippen LogP contribution in [0.4, 0.5) is 0 Å². The van der Waals surface area contributed by atoms with Gasteiger partial charge in [-0.25, -0.2) is 0 Å². The van der Waals surface area contributed by atoms with Crippen LogP contribution in [0, 0.1) is 0 Å². The lowest BCUT2D eigenvalue weighted by molar-refractivity contribution is -0.167. The summed E-state index contributed by atoms with van der Waals surface area (Å²) < 4.78 is 16.9. The third kappa shape index (κ3) is 66.4. The Morgan fingerprint density at radius 1 is 0.256 bits per heavy atom. The summed E-state index contributed by atoms with van der Waals surface area (Å²) in [6.45, 7) is 6.50. The monoisotopic (exact) mass is 1130 g/mol. The molecule has 0 aromatic rings. The van der Waals surface area contributed by atoms with Gasteiger partial charge in [-0.1, -0.05) is 283 Å². The lowest BCUT2D eigenvalue weighted by atomic mass is 10.1. The number of hydrogen-bond acceptors (Lipinski definition) is 6. The molecule has 466 valence electrons. The second-order valence-corrected chi connectivity index (χ2v) is 22.3. The van der Waals surface area contributed by atoms with Crippen molar-refractivity contribution >= 4 is 17.9 Å². The van der Waals surface area contributed by atoms with E-state index < -0.39 is 6.10 Å². The Kier molecular flexibility index (Phi) is 65.3. The maximum absolute atomic E-state index is 12.9. The Bertz CT molecular complexity index is 1730. The molecule has 0 saturated carbocycles. The highest BCUT2D eigenvalue weighted by Gasteiger charge is 2.19. The molecular formula is C76H126O6. The molecule has 0 aromatic carbocycles. The zero-order valence-electron chi connectivity index (χ0n) is 53.5. The highest BCUT2D eigenvalue weighted by Crippen LogP contribution is 2.15. The van der Waals surface area contributed by atoms with Crippen LogP contribution in [0.3, 0.4) is 0 Å². The average molecular weight is 1140 g/mol. The summed E-state index contributed by atoms with van der Waals surface area (Å²) in [6.07, 6.45) is 97.5. The van der Waals surface area contributed by atoms with Crippen molar-refractivity contribution in [1.82, 2.24) is 0 Å². The van der Waals surface area contributed by atoms with Gasteiger partial charge in [0.1, 0.15) is 13.2 Å². The summed E-state index contributed by atoms with van der Waals surface area (Å²) in [5.41, 5.74) is 0. The predicted octanol–water partition coefficient (Wildman–Crippen LogP) is 23.7. The number of hydrogen-bond donors (Lipinski definition) is 0. The molecule has 0 aromatic heterocycles. The zero-order valence-corrected chi connectivity index (χ0v) is 53.5. The lowest BCUT2D eigenvalue weighted by Crippen LogP contribution is -2.30. The maximum Gasteiger partial charge on any atom is 0.306 e. The van der Waals surface area contributed by atoms with Gasteiger partial charge in [0.2, 0.25) is 0 Å². The molecule has 1 unspecified atom stereocenters. The molecule has 0 N–H and O–H groups in total. The van der Waals surface area contributed by atoms with Crippen molar-refractivity contribution in [2.45, 2.75) is 316 Å². The molecule has 0 radical (unpaired) electrons. The van der Waals surface area contributed by atoms with E-state index in [-0.39, 0.29) is 31.1 Å². The Morgan fingerprint density at radius 3 is 0.756 bits per heavy atom. The van der Waals surface area contributed by atoms with Crippen LogP contribution in [0.2, 0.25) is 0 Å². The lowest BCUT2D eigenvalue weighted by Gasteiger charge is -2.18. The number of ether oxygens (including phenoxy) is 3. The molecule has 0 spiro atoms. The van der Waals surface area contributed by atoms with Gasteiger partial charge >= 0.3 is 17.9 Å². The minimum Gasteiger partial charge on any atom is -0.462 e. The fourth-order valence-electron chi connectivity index (χ4n) is 9.25. The first-order chi connectivity index (χ1) is 40.5. The molecule has 0 aliphatic heterocycles. The SMILES string of the molecule is CC/C=C\C/C=C\C/C=C\C/C=C\C/C=C\C/C=C\C/C=C\C/C=C\C/C=C\CCCCCCCCCC(=O)OCC(COC(=O)CCCCCCC/C=C\CCCCCCC)OC(=O)CCCCCCC/C=C\CCCCCCCC. The van der Waals surface area contributed by atoms with E-state index in [1.54, 1.807) is 0 Å². The van der Waals surface area contributed by atoms with Gasteiger partial charge in [0.05, 0.1) is 0 Å². The molecule has 0 aliphatic rings. The van der Waals surface area contributed by atoms with Crippen molar-refractivity contribution in [2.24, 2.45) is 0 Å². The fraction of sp³-hybridized carbons (Fsp3) is 0.671. The van der Waals surface area contributed by atoms with Crippen molar-refractivity contribution in [3.8, 4) is 0 Å². The molecule has 6 nitrogen and oxygen atoms in total. The van der Waals surface area contributed by atoms with Crippen molar-refractivity contribution in [3.05, 3.63) is 134 Å². The van der Waals surface area contributed by atoms with Crippen molar-refractivity contribution in [2.75, 3.05) is 13.2 Å². The summed E-state index contributed by atoms with van der Waals surface area (Å²) >= 11 is 0. The molecule has 82 heavy (non-hydrogen) atoms. The van der Waals surface area contributed by atoms with E-state index in [0.717, 1.165) is 141 Å². The van der Waals surface area contributed by atoms with E-state index in [4.69, 9.17) is 14.2 Å². The Labute approximate surface area is 506 Å². The van der Waals surface area contributed by atoms with Crippen LogP contribution < -0.4 is 0 Å². The molecule has 0 amide bonds. The van der Waals surface area contributed by atoms with Gasteiger partial charge < -0.3 is 14.2 Å². The standard InChI is InChI=1S/C76H126O6/c1-4-7-10-13-16-19-22-25-28-29-30-31-32-33-34-35-36-37-38-39-40-41-42-43-44-45-46-47-49-51-54-57-60-63-66-69-75(78)81-72-73(71-80-74(77)68-65-62-59-56-53-50-27-24-21-18-15-12-9-6-3)82-76(79)70-67-64-61-58-55-52-48-26-23-20-17-14-11-8-5-2/h7,10,16,19,24-28,30-31,33-34,36-37,39-40,42-43,45-46,48,73H,4-6,8-9,11-15,17-18,20-23,29,32,35,38,41,44,47,49-72H2,1-3H3/b10-7-,19-16-,27-24-,28-25-,31-30-,34-33-,37-36-,40-39-,43-42-,46-45-,48-26-. The first kappa shape index (κ1) is 77.5. The topological polar surface area (TPSA) is 78.9 Å². The zero-order chi connectivity index (χ0) is 59.2. The third-order valence-electron chi connectivity index (χ3n) is 14.4. The van der Waals surface area contributed by atoms with Gasteiger partial charge in [0.15, 0.2) is 6.10 Å². The quantitative estimate of drug-likeness (QED) is 0.0261. The van der Waals surface area contributed by atoms with Gasteiger partial charge in [-0.05, 0) is 141 Å².